The fourth-order valence-corrected chi connectivity index (χ4v) is 9.78. The first-order chi connectivity index (χ1) is 20.3. The van der Waals surface area contributed by atoms with Gasteiger partial charge in [-0.25, -0.2) is 0 Å². The molecule has 0 spiro atoms. The quantitative estimate of drug-likeness (QED) is 0.152. The van der Waals surface area contributed by atoms with Crippen molar-refractivity contribution in [2.75, 3.05) is 0 Å². The molecule has 207 valence electrons. The van der Waals surface area contributed by atoms with E-state index in [1.807, 2.05) is 0 Å². The second kappa shape index (κ2) is 18.2. The van der Waals surface area contributed by atoms with Crippen LogP contribution in [0.5, 0.6) is 0 Å². The van der Waals surface area contributed by atoms with Crippen LogP contribution < -0.4 is 31.8 Å². The largest absolute Gasteiger partial charge is 0.102 e. The van der Waals surface area contributed by atoms with Crippen LogP contribution >= 0.6 is 44.2 Å². The van der Waals surface area contributed by atoms with E-state index < -0.39 is 15.8 Å². The minimum atomic E-state index is -0.877. The average molecular weight is 745 g/mol. The molecule has 0 aliphatic carbocycles. The summed E-state index contributed by atoms with van der Waals surface area (Å²) >= 11 is 7.12. The van der Waals surface area contributed by atoms with Crippen LogP contribution in [-0.4, -0.2) is 0 Å². The Balaban J connectivity index is 0.000000173. The Morgan fingerprint density at radius 1 is 0.268 bits per heavy atom. The molecule has 6 aromatic carbocycles. The normalized spacial score (nSPS) is 10.3. The monoisotopic (exact) mass is 743 g/mol. The molecule has 0 saturated heterocycles. The summed E-state index contributed by atoms with van der Waals surface area (Å²) in [5, 5.41) is 8.61. The van der Waals surface area contributed by atoms with E-state index in [9.17, 15) is 0 Å². The molecule has 0 amide bonds. The van der Waals surface area contributed by atoms with Crippen molar-refractivity contribution in [1.29, 1.82) is 0 Å². The molecule has 0 aromatic heterocycles. The zero-order valence-electron chi connectivity index (χ0n) is 22.4. The Kier molecular flexibility index (Phi) is 14.0. The molecule has 0 heterocycles. The van der Waals surface area contributed by atoms with Crippen molar-refractivity contribution in [2.24, 2.45) is 0 Å². The predicted molar refractivity (Wildman–Crippen MR) is 191 cm³/mol. The van der Waals surface area contributed by atoms with Crippen molar-refractivity contribution in [3.63, 3.8) is 0 Å². The standard InChI is InChI=1S/2C18H15P.2BrH.Co/c2*1-4-10-16(11-5-1)19(17-12-6-2-7-13-17)18-14-8-3-9-15-18;;;/h2*1-15H;2*1H;/q;;;;+2. The maximum absolute atomic E-state index is 3.03. The average Bonchev–Trinajstić information content (AvgIpc) is 3.05. The molecule has 0 bridgehead atoms. The van der Waals surface area contributed by atoms with Crippen molar-refractivity contribution in [3.8, 4) is 0 Å². The van der Waals surface area contributed by atoms with Gasteiger partial charge in [-0.2, -0.15) is 0 Å². The van der Waals surface area contributed by atoms with Gasteiger partial charge < -0.3 is 0 Å². The van der Waals surface area contributed by atoms with Gasteiger partial charge in [0.1, 0.15) is 31.8 Å². The Labute approximate surface area is 267 Å². The van der Waals surface area contributed by atoms with E-state index >= 15 is 0 Å². The van der Waals surface area contributed by atoms with Gasteiger partial charge in [-0.3, -0.25) is 0 Å². The van der Waals surface area contributed by atoms with Crippen molar-refractivity contribution < 1.29 is 11.1 Å². The summed E-state index contributed by atoms with van der Waals surface area (Å²) in [5.74, 6) is 0. The first-order valence-corrected chi connectivity index (χ1v) is 21.4. The van der Waals surface area contributed by atoms with Gasteiger partial charge in [0.05, 0.1) is 15.8 Å². The van der Waals surface area contributed by atoms with E-state index in [0.717, 1.165) is 11.1 Å². The van der Waals surface area contributed by atoms with Crippen molar-refractivity contribution in [2.45, 2.75) is 0 Å². The molecule has 0 atom stereocenters. The molecular weight excluding hydrogens is 713 g/mol. The van der Waals surface area contributed by atoms with Gasteiger partial charge in [0.15, 0.2) is 0 Å². The maximum atomic E-state index is 3.03. The van der Waals surface area contributed by atoms with Crippen LogP contribution in [0.1, 0.15) is 0 Å². The Morgan fingerprint density at radius 2 is 0.390 bits per heavy atom. The minimum Gasteiger partial charge on any atom is -0.0620 e. The zero-order valence-corrected chi connectivity index (χ0v) is 28.6. The summed E-state index contributed by atoms with van der Waals surface area (Å²) < 4.78 is 0. The van der Waals surface area contributed by atoms with Crippen molar-refractivity contribution in [1.82, 2.24) is 0 Å². The van der Waals surface area contributed by atoms with E-state index in [1.54, 1.807) is 0 Å². The number of halogens is 2. The van der Waals surface area contributed by atoms with Gasteiger partial charge in [-0.05, 0) is 72.8 Å². The molecule has 0 nitrogen and oxygen atoms in total. The van der Waals surface area contributed by atoms with Crippen LogP contribution in [-0.2, 0) is 11.1 Å². The fraction of sp³-hybridized carbons (Fsp3) is 0. The van der Waals surface area contributed by atoms with Crippen LogP contribution in [0.15, 0.2) is 182 Å². The molecule has 0 aliphatic heterocycles. The molecule has 0 aliphatic rings. The summed E-state index contributed by atoms with van der Waals surface area (Å²) in [5.41, 5.74) is 0. The van der Waals surface area contributed by atoms with Crippen LogP contribution in [0.4, 0.5) is 0 Å². The van der Waals surface area contributed by atoms with E-state index in [2.05, 4.69) is 210 Å². The van der Waals surface area contributed by atoms with Gasteiger partial charge >= 0.3 is 39.5 Å². The first-order valence-electron chi connectivity index (χ1n) is 13.2. The zero-order chi connectivity index (χ0) is 28.5. The summed E-state index contributed by atoms with van der Waals surface area (Å²) in [6, 6.07) is 65.0. The van der Waals surface area contributed by atoms with Gasteiger partial charge in [-0.1, -0.05) is 109 Å². The smallest absolute Gasteiger partial charge is 0.0620 e. The molecule has 6 aromatic rings. The van der Waals surface area contributed by atoms with Crippen molar-refractivity contribution in [3.05, 3.63) is 182 Å². The second-order valence-electron chi connectivity index (χ2n) is 8.99. The molecule has 0 radical (unpaired) electrons. The Bertz CT molecular complexity index is 1200. The van der Waals surface area contributed by atoms with Crippen molar-refractivity contribution >= 4 is 76.0 Å². The first kappa shape index (κ1) is 31.6. The van der Waals surface area contributed by atoms with Gasteiger partial charge in [0.25, 0.3) is 0 Å². The third-order valence-corrected chi connectivity index (χ3v) is 11.8. The van der Waals surface area contributed by atoms with Crippen LogP contribution in [0.3, 0.4) is 0 Å². The molecule has 6 rings (SSSR count). The maximum Gasteiger partial charge on any atom is 0.102 e. The van der Waals surface area contributed by atoms with Crippen LogP contribution in [0.25, 0.3) is 0 Å². The van der Waals surface area contributed by atoms with Crippen LogP contribution in [0.2, 0.25) is 0 Å². The third-order valence-electron chi connectivity index (χ3n) is 6.37. The minimum absolute atomic E-state index is 0.877. The van der Waals surface area contributed by atoms with E-state index in [-0.39, 0.29) is 0 Å². The molecule has 0 unspecified atom stereocenters. The summed E-state index contributed by atoms with van der Waals surface area (Å²) in [6.45, 7) is 0. The summed E-state index contributed by atoms with van der Waals surface area (Å²) in [7, 11) is -1.75. The Morgan fingerprint density at radius 3 is 0.512 bits per heavy atom. The topological polar surface area (TPSA) is 0 Å². The second-order valence-corrected chi connectivity index (χ2v) is 19.2. The SMILES string of the molecule is [Br][Co][Br].c1ccc([PH+](c2ccccc2)c2ccccc2)cc1.c1ccc([PH+](c2ccccc2)c2ccccc2)cc1. The summed E-state index contributed by atoms with van der Waals surface area (Å²) in [4.78, 5) is 0. The van der Waals surface area contributed by atoms with Gasteiger partial charge in [0, 0.05) is 0 Å². The molecule has 0 N–H and O–H groups in total. The van der Waals surface area contributed by atoms with Crippen LogP contribution in [0, 0.1) is 0 Å². The van der Waals surface area contributed by atoms with E-state index in [0.29, 0.717) is 0 Å². The van der Waals surface area contributed by atoms with Gasteiger partial charge in [-0.15, -0.1) is 0 Å². The fourth-order valence-electron chi connectivity index (χ4n) is 4.63. The molecule has 41 heavy (non-hydrogen) atoms. The molecule has 0 fully saturated rings. The van der Waals surface area contributed by atoms with E-state index in [1.165, 1.54) is 31.8 Å². The number of rotatable bonds is 6. The molecule has 5 heteroatoms. The van der Waals surface area contributed by atoms with Gasteiger partial charge in [0.2, 0.25) is 0 Å². The number of benzene rings is 6. The van der Waals surface area contributed by atoms with E-state index in [4.69, 9.17) is 0 Å². The number of hydrogen-bond donors (Lipinski definition) is 0. The molecular formula is C36H32Br2CoP2+2. The number of hydrogen-bond acceptors (Lipinski definition) is 0. The predicted octanol–water partition coefficient (Wildman–Crippen LogP) is 8.04. The Hall–Kier alpha value is -2.35. The summed E-state index contributed by atoms with van der Waals surface area (Å²) in [6.07, 6.45) is 0. The third kappa shape index (κ3) is 9.86. The molecule has 0 saturated carbocycles.